The van der Waals surface area contributed by atoms with Gasteiger partial charge < -0.3 is 16.2 Å². The average molecular weight is 88.1 g/mol. The van der Waals surface area contributed by atoms with Crippen molar-refractivity contribution in [1.29, 1.82) is 0 Å². The lowest BCUT2D eigenvalue weighted by Crippen LogP contribution is -2.35. The summed E-state index contributed by atoms with van der Waals surface area (Å²) in [5.41, 5.74) is 10.3. The molecular formula is C3H8N2O. The third-order valence-corrected chi connectivity index (χ3v) is 0.788. The molecule has 1 heterocycles. The number of ether oxygens (including phenoxy) is 1. The predicted molar refractivity (Wildman–Crippen MR) is 21.9 cm³/mol. The Labute approximate surface area is 36.3 Å². The average Bonchev–Trinajstić information content (AvgIpc) is 2.06. The lowest BCUT2D eigenvalue weighted by Gasteiger charge is -1.93. The van der Waals surface area contributed by atoms with E-state index < -0.39 is 0 Å². The van der Waals surface area contributed by atoms with Crippen molar-refractivity contribution >= 4 is 0 Å². The van der Waals surface area contributed by atoms with E-state index in [1.807, 2.05) is 0 Å². The topological polar surface area (TPSA) is 64.6 Å². The summed E-state index contributed by atoms with van der Waals surface area (Å²) in [6, 6.07) is 0. The molecular weight excluding hydrogens is 80.0 g/mol. The van der Waals surface area contributed by atoms with E-state index in [9.17, 15) is 0 Å². The van der Waals surface area contributed by atoms with Crippen LogP contribution < -0.4 is 11.5 Å². The zero-order chi connectivity index (χ0) is 4.57. The Morgan fingerprint density at radius 3 is 2.17 bits per heavy atom. The van der Waals surface area contributed by atoms with Gasteiger partial charge in [0, 0.05) is 0 Å². The van der Waals surface area contributed by atoms with E-state index in [0.29, 0.717) is 0 Å². The Bertz CT molecular complexity index is 50.8. The van der Waals surface area contributed by atoms with Gasteiger partial charge in [0.25, 0.3) is 0 Å². The van der Waals surface area contributed by atoms with Gasteiger partial charge in [0.05, 0.1) is 12.8 Å². The van der Waals surface area contributed by atoms with Crippen LogP contribution >= 0.6 is 0 Å². The fourth-order valence-corrected chi connectivity index (χ4v) is 0.278. The third kappa shape index (κ3) is 0.680. The molecule has 3 nitrogen and oxygen atoms in total. The smallest absolute Gasteiger partial charge is 0.109 e. The van der Waals surface area contributed by atoms with Gasteiger partial charge in [-0.1, -0.05) is 0 Å². The maximum atomic E-state index is 5.15. The van der Waals surface area contributed by atoms with E-state index in [0.717, 1.165) is 6.61 Å². The van der Waals surface area contributed by atoms with Crippen molar-refractivity contribution in [3.63, 3.8) is 0 Å². The zero-order valence-electron chi connectivity index (χ0n) is 3.42. The monoisotopic (exact) mass is 88.1 g/mol. The first-order valence-corrected chi connectivity index (χ1v) is 1.93. The molecule has 0 saturated carbocycles. The minimum absolute atomic E-state index is 0.157. The number of epoxide rings is 1. The summed E-state index contributed by atoms with van der Waals surface area (Å²) in [6.45, 7) is 0.748. The van der Waals surface area contributed by atoms with Crippen LogP contribution in [0.15, 0.2) is 0 Å². The molecule has 1 atom stereocenters. The minimum Gasteiger partial charge on any atom is -0.370 e. The van der Waals surface area contributed by atoms with Gasteiger partial charge in [-0.2, -0.15) is 0 Å². The van der Waals surface area contributed by atoms with Crippen molar-refractivity contribution in [3.8, 4) is 0 Å². The van der Waals surface area contributed by atoms with E-state index in [1.165, 1.54) is 0 Å². The molecule has 1 saturated heterocycles. The van der Waals surface area contributed by atoms with Gasteiger partial charge in [-0.25, -0.2) is 0 Å². The maximum Gasteiger partial charge on any atom is 0.109 e. The fourth-order valence-electron chi connectivity index (χ4n) is 0.278. The highest BCUT2D eigenvalue weighted by Crippen LogP contribution is 2.07. The van der Waals surface area contributed by atoms with Gasteiger partial charge >= 0.3 is 0 Å². The van der Waals surface area contributed by atoms with Crippen LogP contribution in [0.4, 0.5) is 0 Å². The first-order valence-electron chi connectivity index (χ1n) is 1.93. The molecule has 0 aromatic carbocycles. The summed E-state index contributed by atoms with van der Waals surface area (Å²) >= 11 is 0. The Balaban J connectivity index is 2.13. The molecule has 36 valence electrons. The van der Waals surface area contributed by atoms with Crippen molar-refractivity contribution in [2.45, 2.75) is 12.3 Å². The summed E-state index contributed by atoms with van der Waals surface area (Å²) < 4.78 is 4.72. The van der Waals surface area contributed by atoms with E-state index >= 15 is 0 Å². The highest BCUT2D eigenvalue weighted by molar-refractivity contribution is 4.76. The van der Waals surface area contributed by atoms with Crippen LogP contribution in [0.1, 0.15) is 0 Å². The summed E-state index contributed by atoms with van der Waals surface area (Å²) in [4.78, 5) is 0. The van der Waals surface area contributed by atoms with Crippen molar-refractivity contribution in [3.05, 3.63) is 0 Å². The molecule has 0 bridgehead atoms. The van der Waals surface area contributed by atoms with Crippen LogP contribution in [-0.4, -0.2) is 18.9 Å². The van der Waals surface area contributed by atoms with Gasteiger partial charge in [0.15, 0.2) is 0 Å². The molecule has 0 aromatic rings. The SMILES string of the molecule is NC(N)C1CO1. The van der Waals surface area contributed by atoms with Gasteiger partial charge in [0.1, 0.15) is 6.10 Å². The van der Waals surface area contributed by atoms with Crippen LogP contribution in [0.2, 0.25) is 0 Å². The number of hydrogen-bond donors (Lipinski definition) is 2. The van der Waals surface area contributed by atoms with E-state index in [2.05, 4.69) is 0 Å². The Morgan fingerprint density at radius 2 is 2.17 bits per heavy atom. The van der Waals surface area contributed by atoms with Crippen molar-refractivity contribution in [2.24, 2.45) is 11.5 Å². The maximum absolute atomic E-state index is 5.15. The minimum atomic E-state index is -0.259. The second kappa shape index (κ2) is 1.18. The number of rotatable bonds is 1. The van der Waals surface area contributed by atoms with E-state index in [1.54, 1.807) is 0 Å². The molecule has 1 fully saturated rings. The molecule has 1 aliphatic rings. The van der Waals surface area contributed by atoms with Gasteiger partial charge in [-0.15, -0.1) is 0 Å². The van der Waals surface area contributed by atoms with Crippen molar-refractivity contribution < 1.29 is 4.74 Å². The quantitative estimate of drug-likeness (QED) is 0.307. The Kier molecular flexibility index (Phi) is 0.799. The van der Waals surface area contributed by atoms with Crippen LogP contribution in [0.3, 0.4) is 0 Å². The van der Waals surface area contributed by atoms with Crippen LogP contribution in [0.5, 0.6) is 0 Å². The Hall–Kier alpha value is -0.120. The highest BCUT2D eigenvalue weighted by atomic mass is 16.6. The van der Waals surface area contributed by atoms with E-state index in [4.69, 9.17) is 16.2 Å². The van der Waals surface area contributed by atoms with Gasteiger partial charge in [0.2, 0.25) is 0 Å². The summed E-state index contributed by atoms with van der Waals surface area (Å²) in [5, 5.41) is 0. The first-order chi connectivity index (χ1) is 2.80. The molecule has 0 spiro atoms. The summed E-state index contributed by atoms with van der Waals surface area (Å²) in [7, 11) is 0. The number of nitrogens with two attached hydrogens (primary N) is 2. The van der Waals surface area contributed by atoms with Crippen molar-refractivity contribution in [1.82, 2.24) is 0 Å². The van der Waals surface area contributed by atoms with Crippen LogP contribution in [0.25, 0.3) is 0 Å². The van der Waals surface area contributed by atoms with Gasteiger partial charge in [-0.3, -0.25) is 0 Å². The lowest BCUT2D eigenvalue weighted by atomic mass is 10.4. The van der Waals surface area contributed by atoms with Crippen molar-refractivity contribution in [2.75, 3.05) is 6.61 Å². The number of hydrogen-bond acceptors (Lipinski definition) is 3. The first kappa shape index (κ1) is 4.05. The fraction of sp³-hybridized carbons (Fsp3) is 1.00. The summed E-state index contributed by atoms with van der Waals surface area (Å²) in [5.74, 6) is 0. The van der Waals surface area contributed by atoms with Crippen LogP contribution in [-0.2, 0) is 4.74 Å². The summed E-state index contributed by atoms with van der Waals surface area (Å²) in [6.07, 6.45) is -0.102. The predicted octanol–water partition coefficient (Wildman–Crippen LogP) is -1.37. The molecule has 1 rings (SSSR count). The molecule has 6 heavy (non-hydrogen) atoms. The molecule has 4 N–H and O–H groups in total. The largest absolute Gasteiger partial charge is 0.370 e. The Morgan fingerprint density at radius 1 is 1.67 bits per heavy atom. The lowest BCUT2D eigenvalue weighted by molar-refractivity contribution is 0.376. The molecule has 0 amide bonds. The molecule has 0 radical (unpaired) electrons. The second-order valence-electron chi connectivity index (χ2n) is 1.45. The normalized spacial score (nSPS) is 31.5. The highest BCUT2D eigenvalue weighted by Gasteiger charge is 2.26. The van der Waals surface area contributed by atoms with Crippen LogP contribution in [0, 0.1) is 0 Å². The van der Waals surface area contributed by atoms with Gasteiger partial charge in [-0.05, 0) is 0 Å². The molecule has 1 unspecified atom stereocenters. The zero-order valence-corrected chi connectivity index (χ0v) is 3.42. The molecule has 1 aliphatic heterocycles. The second-order valence-corrected chi connectivity index (χ2v) is 1.45. The third-order valence-electron chi connectivity index (χ3n) is 0.788. The standard InChI is InChI=1S/C3H8N2O/c4-3(5)2-1-6-2/h2-3H,1,4-5H2. The van der Waals surface area contributed by atoms with E-state index in [-0.39, 0.29) is 12.3 Å². The molecule has 0 aromatic heterocycles. The molecule has 3 heteroatoms. The molecule has 0 aliphatic carbocycles.